The van der Waals surface area contributed by atoms with Crippen molar-refractivity contribution in [2.24, 2.45) is 0 Å². The van der Waals surface area contributed by atoms with Gasteiger partial charge in [-0.1, -0.05) is 31.5 Å². The number of rotatable bonds is 6. The van der Waals surface area contributed by atoms with Gasteiger partial charge in [0.2, 0.25) is 5.88 Å². The molecule has 0 radical (unpaired) electrons. The van der Waals surface area contributed by atoms with Crippen molar-refractivity contribution in [1.82, 2.24) is 9.36 Å². The Hall–Kier alpha value is -2.95. The minimum atomic E-state index is -0.187. The zero-order chi connectivity index (χ0) is 17.8. The van der Waals surface area contributed by atoms with Crippen molar-refractivity contribution < 1.29 is 9.84 Å². The minimum absolute atomic E-state index is 0.00697. The van der Waals surface area contributed by atoms with Crippen LogP contribution in [0.25, 0.3) is 11.4 Å². The predicted octanol–water partition coefficient (Wildman–Crippen LogP) is 3.69. The maximum Gasteiger partial charge on any atom is 0.278 e. The van der Waals surface area contributed by atoms with Crippen LogP contribution in [0.2, 0.25) is 0 Å². The maximum atomic E-state index is 13.0. The van der Waals surface area contributed by atoms with Gasteiger partial charge in [-0.05, 0) is 49.2 Å². The number of methoxy groups -OCH3 is 1. The first kappa shape index (κ1) is 16.9. The van der Waals surface area contributed by atoms with E-state index >= 15 is 0 Å². The Labute approximate surface area is 146 Å². The van der Waals surface area contributed by atoms with Crippen LogP contribution in [0.15, 0.2) is 59.4 Å². The Morgan fingerprint density at radius 3 is 2.20 bits per heavy atom. The largest absolute Gasteiger partial charge is 0.497 e. The van der Waals surface area contributed by atoms with Gasteiger partial charge in [0.05, 0.1) is 24.0 Å². The fourth-order valence-corrected chi connectivity index (χ4v) is 2.87. The molecule has 25 heavy (non-hydrogen) atoms. The summed E-state index contributed by atoms with van der Waals surface area (Å²) in [6.07, 6.45) is 2.36. The standard InChI is InChI=1S/C20H22N2O3/c1-3-4-10-18-19(23)21(15-8-6-5-7-9-15)22(20(18)24)16-11-13-17(25-2)14-12-16/h5-9,11-14,24H,3-4,10H2,1-2H3. The van der Waals surface area contributed by atoms with Crippen LogP contribution in [-0.2, 0) is 6.42 Å². The molecule has 3 rings (SSSR count). The van der Waals surface area contributed by atoms with Crippen molar-refractivity contribution in [2.45, 2.75) is 26.2 Å². The molecule has 0 bridgehead atoms. The van der Waals surface area contributed by atoms with Crippen LogP contribution in [0.1, 0.15) is 25.3 Å². The van der Waals surface area contributed by atoms with Crippen LogP contribution >= 0.6 is 0 Å². The Morgan fingerprint density at radius 2 is 1.60 bits per heavy atom. The monoisotopic (exact) mass is 338 g/mol. The third kappa shape index (κ3) is 3.18. The van der Waals surface area contributed by atoms with E-state index in [0.29, 0.717) is 23.4 Å². The zero-order valence-corrected chi connectivity index (χ0v) is 14.5. The van der Waals surface area contributed by atoms with E-state index in [-0.39, 0.29) is 11.4 Å². The summed E-state index contributed by atoms with van der Waals surface area (Å²) in [5, 5.41) is 10.8. The van der Waals surface area contributed by atoms with E-state index < -0.39 is 0 Å². The summed E-state index contributed by atoms with van der Waals surface area (Å²) in [6.45, 7) is 2.06. The van der Waals surface area contributed by atoms with E-state index in [2.05, 4.69) is 6.92 Å². The van der Waals surface area contributed by atoms with Crippen molar-refractivity contribution in [3.8, 4) is 23.0 Å². The van der Waals surface area contributed by atoms with Gasteiger partial charge in [0.25, 0.3) is 5.56 Å². The normalized spacial score (nSPS) is 10.8. The third-order valence-corrected chi connectivity index (χ3v) is 4.22. The molecule has 0 unspecified atom stereocenters. The molecule has 0 spiro atoms. The molecule has 130 valence electrons. The van der Waals surface area contributed by atoms with Gasteiger partial charge in [0.1, 0.15) is 5.75 Å². The number of nitrogens with zero attached hydrogens (tertiary/aromatic N) is 2. The quantitative estimate of drug-likeness (QED) is 0.746. The number of aromatic nitrogens is 2. The van der Waals surface area contributed by atoms with Gasteiger partial charge in [-0.15, -0.1) is 0 Å². The summed E-state index contributed by atoms with van der Waals surface area (Å²) in [7, 11) is 1.60. The molecule has 0 aliphatic rings. The number of benzene rings is 2. The van der Waals surface area contributed by atoms with Gasteiger partial charge in [-0.25, -0.2) is 9.36 Å². The molecule has 2 aromatic carbocycles. The second-order valence-electron chi connectivity index (χ2n) is 5.87. The third-order valence-electron chi connectivity index (χ3n) is 4.22. The first-order valence-corrected chi connectivity index (χ1v) is 8.43. The van der Waals surface area contributed by atoms with E-state index in [4.69, 9.17) is 4.74 Å². The molecule has 0 aliphatic carbocycles. The van der Waals surface area contributed by atoms with E-state index in [1.807, 2.05) is 42.5 Å². The average Bonchev–Trinajstić information content (AvgIpc) is 2.91. The Balaban J connectivity index is 2.22. The molecule has 1 aromatic heterocycles. The molecule has 5 nitrogen and oxygen atoms in total. The molecule has 5 heteroatoms. The summed E-state index contributed by atoms with van der Waals surface area (Å²) in [6, 6.07) is 16.6. The van der Waals surface area contributed by atoms with Gasteiger partial charge >= 0.3 is 0 Å². The van der Waals surface area contributed by atoms with E-state index in [1.165, 1.54) is 4.68 Å². The summed E-state index contributed by atoms with van der Waals surface area (Å²) < 4.78 is 8.27. The van der Waals surface area contributed by atoms with Crippen molar-refractivity contribution in [1.29, 1.82) is 0 Å². The van der Waals surface area contributed by atoms with Gasteiger partial charge in [-0.2, -0.15) is 0 Å². The van der Waals surface area contributed by atoms with Gasteiger partial charge in [-0.3, -0.25) is 4.79 Å². The predicted molar refractivity (Wildman–Crippen MR) is 98.2 cm³/mol. The second kappa shape index (κ2) is 7.30. The topological polar surface area (TPSA) is 56.4 Å². The van der Waals surface area contributed by atoms with Crippen molar-refractivity contribution >= 4 is 0 Å². The molecular formula is C20H22N2O3. The molecule has 0 aliphatic heterocycles. The fraction of sp³-hybridized carbons (Fsp3) is 0.250. The lowest BCUT2D eigenvalue weighted by Gasteiger charge is -2.13. The molecule has 0 atom stereocenters. The number of para-hydroxylation sites is 1. The van der Waals surface area contributed by atoms with Crippen molar-refractivity contribution in [3.63, 3.8) is 0 Å². The SMILES string of the molecule is CCCCc1c(O)n(-c2ccc(OC)cc2)n(-c2ccccc2)c1=O. The lowest BCUT2D eigenvalue weighted by molar-refractivity contribution is 0.412. The van der Waals surface area contributed by atoms with Crippen LogP contribution in [-0.4, -0.2) is 21.6 Å². The fourth-order valence-electron chi connectivity index (χ4n) is 2.87. The molecular weight excluding hydrogens is 316 g/mol. The molecule has 3 aromatic rings. The van der Waals surface area contributed by atoms with Crippen LogP contribution in [0.3, 0.4) is 0 Å². The Morgan fingerprint density at radius 1 is 0.960 bits per heavy atom. The molecule has 0 fully saturated rings. The summed E-state index contributed by atoms with van der Waals surface area (Å²) in [4.78, 5) is 13.0. The number of hydrogen-bond acceptors (Lipinski definition) is 3. The lowest BCUT2D eigenvalue weighted by atomic mass is 10.1. The smallest absolute Gasteiger partial charge is 0.278 e. The average molecular weight is 338 g/mol. The molecule has 0 saturated carbocycles. The minimum Gasteiger partial charge on any atom is -0.497 e. The van der Waals surface area contributed by atoms with Crippen LogP contribution < -0.4 is 10.3 Å². The van der Waals surface area contributed by atoms with Crippen LogP contribution in [0.4, 0.5) is 0 Å². The second-order valence-corrected chi connectivity index (χ2v) is 5.87. The zero-order valence-electron chi connectivity index (χ0n) is 14.5. The van der Waals surface area contributed by atoms with Crippen molar-refractivity contribution in [2.75, 3.05) is 7.11 Å². The Bertz CT molecular complexity index is 893. The molecule has 0 amide bonds. The first-order chi connectivity index (χ1) is 12.2. The van der Waals surface area contributed by atoms with Crippen LogP contribution in [0, 0.1) is 0 Å². The van der Waals surface area contributed by atoms with Gasteiger partial charge < -0.3 is 9.84 Å². The molecule has 0 saturated heterocycles. The Kier molecular flexibility index (Phi) is 4.93. The van der Waals surface area contributed by atoms with E-state index in [9.17, 15) is 9.90 Å². The van der Waals surface area contributed by atoms with E-state index in [1.54, 1.807) is 23.9 Å². The highest BCUT2D eigenvalue weighted by molar-refractivity contribution is 5.45. The number of ether oxygens (including phenoxy) is 1. The highest BCUT2D eigenvalue weighted by Gasteiger charge is 2.21. The summed E-state index contributed by atoms with van der Waals surface area (Å²) in [5.41, 5.74) is 1.66. The summed E-state index contributed by atoms with van der Waals surface area (Å²) >= 11 is 0. The van der Waals surface area contributed by atoms with Gasteiger partial charge in [0, 0.05) is 0 Å². The lowest BCUT2D eigenvalue weighted by Crippen LogP contribution is -2.21. The number of unbranched alkanes of at least 4 members (excludes halogenated alkanes) is 1. The van der Waals surface area contributed by atoms with Crippen LogP contribution in [0.5, 0.6) is 11.6 Å². The maximum absolute atomic E-state index is 13.0. The van der Waals surface area contributed by atoms with Crippen molar-refractivity contribution in [3.05, 3.63) is 70.5 Å². The molecule has 1 N–H and O–H groups in total. The van der Waals surface area contributed by atoms with Gasteiger partial charge in [0.15, 0.2) is 0 Å². The number of aromatic hydroxyl groups is 1. The summed E-state index contributed by atoms with van der Waals surface area (Å²) in [5.74, 6) is 0.711. The van der Waals surface area contributed by atoms with E-state index in [0.717, 1.165) is 18.6 Å². The number of hydrogen-bond donors (Lipinski definition) is 1. The molecule has 1 heterocycles. The highest BCUT2D eigenvalue weighted by atomic mass is 16.5. The first-order valence-electron chi connectivity index (χ1n) is 8.43. The highest BCUT2D eigenvalue weighted by Crippen LogP contribution is 2.25.